The van der Waals surface area contributed by atoms with Gasteiger partial charge in [-0.3, -0.25) is 0 Å². The minimum absolute atomic E-state index is 0.295. The smallest absolute Gasteiger partial charge is 0.332 e. The number of benzene rings is 1. The summed E-state index contributed by atoms with van der Waals surface area (Å²) in [4.78, 5) is 11.5. The lowest BCUT2D eigenvalue weighted by molar-refractivity contribution is -0.137. The first kappa shape index (κ1) is 14.3. The SMILES string of the molecule is CCOC(=O)C=C(CC(C)C)Nc1ccccc1. The zero-order chi connectivity index (χ0) is 13.4. The van der Waals surface area contributed by atoms with E-state index in [9.17, 15) is 4.79 Å². The molecular formula is C15H21NO2. The standard InChI is InChI=1S/C15H21NO2/c1-4-18-15(17)11-14(10-12(2)3)16-13-8-6-5-7-9-13/h5-9,11-12,16H,4,10H2,1-3H3. The molecule has 98 valence electrons. The van der Waals surface area contributed by atoms with Gasteiger partial charge in [-0.25, -0.2) is 4.79 Å². The first-order chi connectivity index (χ1) is 8.61. The number of hydrogen-bond donors (Lipinski definition) is 1. The molecule has 0 aliphatic heterocycles. The molecule has 1 aromatic carbocycles. The van der Waals surface area contributed by atoms with E-state index in [1.807, 2.05) is 30.3 Å². The molecule has 0 saturated heterocycles. The third-order valence-corrected chi connectivity index (χ3v) is 2.29. The zero-order valence-electron chi connectivity index (χ0n) is 11.3. The minimum atomic E-state index is -0.295. The molecule has 3 heteroatoms. The second kappa shape index (κ2) is 7.54. The molecule has 0 atom stereocenters. The highest BCUT2D eigenvalue weighted by molar-refractivity contribution is 5.83. The Bertz CT molecular complexity index is 396. The number of ether oxygens (including phenoxy) is 1. The van der Waals surface area contributed by atoms with E-state index in [1.165, 1.54) is 6.08 Å². The summed E-state index contributed by atoms with van der Waals surface area (Å²) in [6, 6.07) is 9.82. The Kier molecular flexibility index (Phi) is 5.98. The Balaban J connectivity index is 2.75. The predicted molar refractivity (Wildman–Crippen MR) is 74.2 cm³/mol. The highest BCUT2D eigenvalue weighted by atomic mass is 16.5. The van der Waals surface area contributed by atoms with Gasteiger partial charge in [0.2, 0.25) is 0 Å². The van der Waals surface area contributed by atoms with Gasteiger partial charge in [-0.1, -0.05) is 32.0 Å². The number of nitrogens with one attached hydrogen (secondary N) is 1. The van der Waals surface area contributed by atoms with E-state index in [-0.39, 0.29) is 5.97 Å². The van der Waals surface area contributed by atoms with Gasteiger partial charge in [0.15, 0.2) is 0 Å². The molecule has 0 heterocycles. The largest absolute Gasteiger partial charge is 0.463 e. The molecule has 0 saturated carbocycles. The summed E-state index contributed by atoms with van der Waals surface area (Å²) in [6.45, 7) is 6.44. The van der Waals surface area contributed by atoms with Crippen molar-refractivity contribution in [1.82, 2.24) is 0 Å². The van der Waals surface area contributed by atoms with Crippen molar-refractivity contribution < 1.29 is 9.53 Å². The average Bonchev–Trinajstić information content (AvgIpc) is 2.29. The summed E-state index contributed by atoms with van der Waals surface area (Å²) >= 11 is 0. The molecule has 3 nitrogen and oxygen atoms in total. The molecule has 0 fully saturated rings. The Labute approximate surface area is 109 Å². The van der Waals surface area contributed by atoms with Crippen LogP contribution in [0.1, 0.15) is 27.2 Å². The van der Waals surface area contributed by atoms with Crippen molar-refractivity contribution >= 4 is 11.7 Å². The molecule has 18 heavy (non-hydrogen) atoms. The fraction of sp³-hybridized carbons (Fsp3) is 0.400. The van der Waals surface area contributed by atoms with Crippen molar-refractivity contribution in [3.05, 3.63) is 42.1 Å². The summed E-state index contributed by atoms with van der Waals surface area (Å²) in [6.07, 6.45) is 2.35. The third kappa shape index (κ3) is 5.53. The molecule has 0 aliphatic rings. The molecule has 0 aliphatic carbocycles. The number of carbonyl (C=O) groups excluding carboxylic acids is 1. The molecule has 1 rings (SSSR count). The monoisotopic (exact) mass is 247 g/mol. The van der Waals surface area contributed by atoms with E-state index in [0.29, 0.717) is 12.5 Å². The second-order valence-electron chi connectivity index (χ2n) is 4.51. The number of esters is 1. The summed E-state index contributed by atoms with van der Waals surface area (Å²) in [7, 11) is 0. The van der Waals surface area contributed by atoms with E-state index < -0.39 is 0 Å². The van der Waals surface area contributed by atoms with Crippen molar-refractivity contribution in [2.75, 3.05) is 11.9 Å². The number of rotatable bonds is 6. The van der Waals surface area contributed by atoms with Gasteiger partial charge < -0.3 is 10.1 Å². The first-order valence-electron chi connectivity index (χ1n) is 6.31. The highest BCUT2D eigenvalue weighted by Crippen LogP contribution is 2.15. The molecule has 1 aromatic rings. The van der Waals surface area contributed by atoms with Crippen LogP contribution in [0, 0.1) is 5.92 Å². The quantitative estimate of drug-likeness (QED) is 0.616. The van der Waals surface area contributed by atoms with E-state index >= 15 is 0 Å². The van der Waals surface area contributed by atoms with Gasteiger partial charge in [0.25, 0.3) is 0 Å². The number of allylic oxidation sites excluding steroid dienone is 1. The molecule has 0 amide bonds. The molecule has 0 radical (unpaired) electrons. The van der Waals surface area contributed by atoms with Gasteiger partial charge in [0.1, 0.15) is 0 Å². The van der Waals surface area contributed by atoms with Crippen molar-refractivity contribution in [1.29, 1.82) is 0 Å². The molecule has 0 bridgehead atoms. The molecule has 0 spiro atoms. The van der Waals surface area contributed by atoms with Gasteiger partial charge in [-0.2, -0.15) is 0 Å². The van der Waals surface area contributed by atoms with E-state index in [1.54, 1.807) is 6.92 Å². The number of carbonyl (C=O) groups is 1. The number of anilines is 1. The van der Waals surface area contributed by atoms with Crippen LogP contribution < -0.4 is 5.32 Å². The van der Waals surface area contributed by atoms with Gasteiger partial charge in [-0.05, 0) is 31.4 Å². The van der Waals surface area contributed by atoms with E-state index in [0.717, 1.165) is 17.8 Å². The Hall–Kier alpha value is -1.77. The van der Waals surface area contributed by atoms with E-state index in [4.69, 9.17) is 4.74 Å². The van der Waals surface area contributed by atoms with Crippen molar-refractivity contribution in [3.8, 4) is 0 Å². The van der Waals surface area contributed by atoms with Crippen LogP contribution in [0.3, 0.4) is 0 Å². The lowest BCUT2D eigenvalue weighted by Gasteiger charge is -2.13. The van der Waals surface area contributed by atoms with Gasteiger partial charge in [-0.15, -0.1) is 0 Å². The second-order valence-corrected chi connectivity index (χ2v) is 4.51. The van der Waals surface area contributed by atoms with Crippen LogP contribution in [-0.4, -0.2) is 12.6 Å². The maximum Gasteiger partial charge on any atom is 0.332 e. The van der Waals surface area contributed by atoms with Crippen LogP contribution in [0.15, 0.2) is 42.1 Å². The highest BCUT2D eigenvalue weighted by Gasteiger charge is 2.05. The van der Waals surface area contributed by atoms with Crippen molar-refractivity contribution in [3.63, 3.8) is 0 Å². The van der Waals surface area contributed by atoms with Crippen LogP contribution in [0.2, 0.25) is 0 Å². The summed E-state index contributed by atoms with van der Waals surface area (Å²) in [5.74, 6) is 0.179. The number of hydrogen-bond acceptors (Lipinski definition) is 3. The van der Waals surface area contributed by atoms with Crippen LogP contribution in [-0.2, 0) is 9.53 Å². The fourth-order valence-electron chi connectivity index (χ4n) is 1.62. The Morgan fingerprint density at radius 3 is 2.56 bits per heavy atom. The van der Waals surface area contributed by atoms with E-state index in [2.05, 4.69) is 19.2 Å². The molecule has 0 unspecified atom stereocenters. The maximum atomic E-state index is 11.5. The van der Waals surface area contributed by atoms with Gasteiger partial charge in [0.05, 0.1) is 6.61 Å². The maximum absolute atomic E-state index is 11.5. The molecule has 1 N–H and O–H groups in total. The van der Waals surface area contributed by atoms with Gasteiger partial charge in [0, 0.05) is 17.5 Å². The fourth-order valence-corrected chi connectivity index (χ4v) is 1.62. The Morgan fingerprint density at radius 2 is 2.00 bits per heavy atom. The molecular weight excluding hydrogens is 226 g/mol. The zero-order valence-corrected chi connectivity index (χ0v) is 11.3. The lowest BCUT2D eigenvalue weighted by atomic mass is 10.1. The van der Waals surface area contributed by atoms with Crippen LogP contribution in [0.5, 0.6) is 0 Å². The van der Waals surface area contributed by atoms with Gasteiger partial charge >= 0.3 is 5.97 Å². The summed E-state index contributed by atoms with van der Waals surface area (Å²) in [5, 5.41) is 3.26. The normalized spacial score (nSPS) is 11.4. The predicted octanol–water partition coefficient (Wildman–Crippen LogP) is 3.59. The third-order valence-electron chi connectivity index (χ3n) is 2.29. The van der Waals surface area contributed by atoms with Crippen LogP contribution >= 0.6 is 0 Å². The summed E-state index contributed by atoms with van der Waals surface area (Å²) in [5.41, 5.74) is 1.86. The minimum Gasteiger partial charge on any atom is -0.463 e. The summed E-state index contributed by atoms with van der Waals surface area (Å²) < 4.78 is 4.94. The lowest BCUT2D eigenvalue weighted by Crippen LogP contribution is -2.08. The molecule has 0 aromatic heterocycles. The Morgan fingerprint density at radius 1 is 1.33 bits per heavy atom. The first-order valence-corrected chi connectivity index (χ1v) is 6.31. The van der Waals surface area contributed by atoms with Crippen molar-refractivity contribution in [2.45, 2.75) is 27.2 Å². The number of para-hydroxylation sites is 1. The van der Waals surface area contributed by atoms with Crippen LogP contribution in [0.25, 0.3) is 0 Å². The topological polar surface area (TPSA) is 38.3 Å². The van der Waals surface area contributed by atoms with Crippen molar-refractivity contribution in [2.24, 2.45) is 5.92 Å². The average molecular weight is 247 g/mol. The van der Waals surface area contributed by atoms with Crippen LogP contribution in [0.4, 0.5) is 5.69 Å².